The van der Waals surface area contributed by atoms with Gasteiger partial charge >= 0.3 is 0 Å². The fourth-order valence-corrected chi connectivity index (χ4v) is 6.47. The van der Waals surface area contributed by atoms with Gasteiger partial charge in [-0.3, -0.25) is 4.79 Å². The van der Waals surface area contributed by atoms with E-state index in [4.69, 9.17) is 4.74 Å². The van der Waals surface area contributed by atoms with Crippen LogP contribution in [0.4, 0.5) is 0 Å². The highest BCUT2D eigenvalue weighted by Crippen LogP contribution is 2.60. The molecule has 4 aliphatic rings. The summed E-state index contributed by atoms with van der Waals surface area (Å²) in [6.07, 6.45) is -5.01. The van der Waals surface area contributed by atoms with E-state index in [2.05, 4.69) is 0 Å². The van der Waals surface area contributed by atoms with Crippen LogP contribution in [0.1, 0.15) is 40.5 Å². The number of ether oxygens (including phenoxy) is 1. The summed E-state index contributed by atoms with van der Waals surface area (Å²) < 4.78 is 5.43. The Kier molecular flexibility index (Phi) is 4.05. The molecule has 27 heavy (non-hydrogen) atoms. The Morgan fingerprint density at radius 1 is 1.07 bits per heavy atom. The Hall–Kier alpha value is -0.830. The number of ketones is 1. The zero-order valence-corrected chi connectivity index (χ0v) is 16.2. The number of Topliss-reactive ketones (excluding diaryl/α,β-unsaturated/α-hetero) is 1. The van der Waals surface area contributed by atoms with Crippen molar-refractivity contribution < 1.29 is 35.1 Å². The zero-order chi connectivity index (χ0) is 20.1. The minimum absolute atomic E-state index is 0.0253. The summed E-state index contributed by atoms with van der Waals surface area (Å²) >= 11 is 0. The first-order valence-corrected chi connectivity index (χ1v) is 9.70. The maximum absolute atomic E-state index is 13.5. The highest BCUT2D eigenvalue weighted by atomic mass is 16.6. The van der Waals surface area contributed by atoms with E-state index in [0.717, 1.165) is 0 Å². The Labute approximate surface area is 158 Å². The van der Waals surface area contributed by atoms with Gasteiger partial charge in [-0.25, -0.2) is 0 Å². The van der Waals surface area contributed by atoms with Crippen molar-refractivity contribution in [3.63, 3.8) is 0 Å². The van der Waals surface area contributed by atoms with Crippen molar-refractivity contribution in [1.29, 1.82) is 0 Å². The molecular weight excluding hydrogens is 352 g/mol. The Bertz CT molecular complexity index is 715. The van der Waals surface area contributed by atoms with Crippen LogP contribution in [0, 0.1) is 22.7 Å². The summed E-state index contributed by atoms with van der Waals surface area (Å²) in [5.41, 5.74) is -2.76. The third-order valence-electron chi connectivity index (χ3n) is 8.22. The normalized spacial score (nSPS) is 54.4. The first-order chi connectivity index (χ1) is 12.4. The lowest BCUT2D eigenvalue weighted by atomic mass is 9.46. The van der Waals surface area contributed by atoms with Crippen LogP contribution in [0.25, 0.3) is 0 Å². The lowest BCUT2D eigenvalue weighted by Gasteiger charge is -2.64. The fraction of sp³-hybridized carbons (Fsp3) is 0.850. The average molecular weight is 382 g/mol. The summed E-state index contributed by atoms with van der Waals surface area (Å²) in [6, 6.07) is 0. The van der Waals surface area contributed by atoms with Crippen molar-refractivity contribution in [2.75, 3.05) is 6.61 Å². The van der Waals surface area contributed by atoms with Gasteiger partial charge in [-0.05, 0) is 42.7 Å². The number of carbonyl (C=O) groups is 1. The van der Waals surface area contributed by atoms with Crippen LogP contribution in [0.15, 0.2) is 11.1 Å². The van der Waals surface area contributed by atoms with Crippen LogP contribution in [0.3, 0.4) is 0 Å². The highest BCUT2D eigenvalue weighted by Gasteiger charge is 2.72. The second kappa shape index (κ2) is 5.62. The molecule has 0 radical (unpaired) electrons. The number of carbonyl (C=O) groups excluding carboxylic acids is 1. The number of aliphatic hydroxyl groups excluding tert-OH is 4. The molecule has 9 atom stereocenters. The van der Waals surface area contributed by atoms with Crippen LogP contribution in [0.5, 0.6) is 0 Å². The van der Waals surface area contributed by atoms with Crippen molar-refractivity contribution in [2.24, 2.45) is 22.7 Å². The van der Waals surface area contributed by atoms with Gasteiger partial charge in [-0.2, -0.15) is 0 Å². The predicted octanol–water partition coefficient (Wildman–Crippen LogP) is -0.469. The molecule has 2 bridgehead atoms. The number of fused-ring (bicyclic) bond motifs is 5. The molecule has 0 aromatic rings. The van der Waals surface area contributed by atoms with Crippen molar-refractivity contribution in [3.8, 4) is 0 Å². The minimum atomic E-state index is -1.52. The fourth-order valence-electron chi connectivity index (χ4n) is 6.47. The van der Waals surface area contributed by atoms with Crippen molar-refractivity contribution >= 4 is 5.78 Å². The first-order valence-electron chi connectivity index (χ1n) is 9.70. The maximum Gasteiger partial charge on any atom is 0.174 e. The molecule has 3 fully saturated rings. The topological polar surface area (TPSA) is 127 Å². The Balaban J connectivity index is 1.96. The largest absolute Gasteiger partial charge is 0.392 e. The first kappa shape index (κ1) is 19.5. The standard InChI is InChI=1S/C20H30O7/c1-8-10(21)5-9-14(23)16-19(4,11(22)6-12-20(16,26)7-27-12)17(25)15(24)13(8)18(9,2)3/h9-12,14-16,21-24,26H,5-7H2,1-4H3/t9-,10-,11-,12+,14+,15+,16-,19+,20-/m0/s1. The van der Waals surface area contributed by atoms with E-state index >= 15 is 0 Å². The molecule has 5 N–H and O–H groups in total. The smallest absolute Gasteiger partial charge is 0.174 e. The number of hydrogen-bond donors (Lipinski definition) is 5. The lowest BCUT2D eigenvalue weighted by Crippen LogP contribution is -2.78. The van der Waals surface area contributed by atoms with E-state index in [0.29, 0.717) is 11.1 Å². The molecule has 0 amide bonds. The quantitative estimate of drug-likeness (QED) is 0.359. The van der Waals surface area contributed by atoms with E-state index in [1.54, 1.807) is 6.92 Å². The van der Waals surface area contributed by atoms with Crippen LogP contribution >= 0.6 is 0 Å². The molecule has 0 aromatic carbocycles. The second-order valence-electron chi connectivity index (χ2n) is 9.74. The minimum Gasteiger partial charge on any atom is -0.392 e. The van der Waals surface area contributed by atoms with Gasteiger partial charge in [0.25, 0.3) is 0 Å². The lowest BCUT2D eigenvalue weighted by molar-refractivity contribution is -0.333. The third-order valence-corrected chi connectivity index (χ3v) is 8.22. The number of rotatable bonds is 0. The van der Waals surface area contributed by atoms with Gasteiger partial charge in [0.15, 0.2) is 5.78 Å². The molecule has 0 unspecified atom stereocenters. The van der Waals surface area contributed by atoms with E-state index < -0.39 is 64.6 Å². The highest BCUT2D eigenvalue weighted by molar-refractivity contribution is 5.93. The van der Waals surface area contributed by atoms with Crippen LogP contribution < -0.4 is 0 Å². The van der Waals surface area contributed by atoms with Crippen LogP contribution in [-0.2, 0) is 9.53 Å². The molecule has 2 saturated carbocycles. The van der Waals surface area contributed by atoms with Gasteiger partial charge in [-0.1, -0.05) is 13.8 Å². The monoisotopic (exact) mass is 382 g/mol. The number of hydrogen-bond acceptors (Lipinski definition) is 7. The molecule has 7 heteroatoms. The zero-order valence-electron chi connectivity index (χ0n) is 16.2. The molecule has 4 rings (SSSR count). The van der Waals surface area contributed by atoms with E-state index in [-0.39, 0.29) is 19.4 Å². The van der Waals surface area contributed by atoms with Gasteiger partial charge in [0.05, 0.1) is 36.4 Å². The van der Waals surface area contributed by atoms with Crippen molar-refractivity contribution in [3.05, 3.63) is 11.1 Å². The van der Waals surface area contributed by atoms with Gasteiger partial charge in [0, 0.05) is 12.3 Å². The molecule has 3 aliphatic carbocycles. The van der Waals surface area contributed by atoms with E-state index in [1.807, 2.05) is 13.8 Å². The van der Waals surface area contributed by atoms with Gasteiger partial charge in [0.2, 0.25) is 0 Å². The van der Waals surface area contributed by atoms with E-state index in [9.17, 15) is 30.3 Å². The Morgan fingerprint density at radius 2 is 1.70 bits per heavy atom. The molecule has 152 valence electrons. The molecule has 1 saturated heterocycles. The average Bonchev–Trinajstić information content (AvgIpc) is 2.58. The van der Waals surface area contributed by atoms with Gasteiger partial charge < -0.3 is 30.3 Å². The van der Waals surface area contributed by atoms with Crippen LogP contribution in [0.2, 0.25) is 0 Å². The molecule has 0 spiro atoms. The maximum atomic E-state index is 13.5. The van der Waals surface area contributed by atoms with Gasteiger partial charge in [-0.15, -0.1) is 0 Å². The van der Waals surface area contributed by atoms with E-state index in [1.165, 1.54) is 6.92 Å². The molecule has 7 nitrogen and oxygen atoms in total. The van der Waals surface area contributed by atoms with Gasteiger partial charge in [0.1, 0.15) is 11.7 Å². The molecular formula is C20H30O7. The number of aliphatic hydroxyl groups is 5. The van der Waals surface area contributed by atoms with Crippen molar-refractivity contribution in [1.82, 2.24) is 0 Å². The summed E-state index contributed by atoms with van der Waals surface area (Å²) in [4.78, 5) is 13.5. The molecule has 0 aromatic heterocycles. The SMILES string of the molecule is CC1=C2[C@@H](O)C(=O)[C@@]3(C)[C@H]([C@H](O)[C@H](C[C@@H]1O)C2(C)C)[C@]1(O)CO[C@@H]1C[C@@H]3O. The molecule has 1 heterocycles. The van der Waals surface area contributed by atoms with Crippen LogP contribution in [-0.4, -0.2) is 74.0 Å². The second-order valence-corrected chi connectivity index (χ2v) is 9.74. The predicted molar refractivity (Wildman–Crippen MR) is 94.5 cm³/mol. The summed E-state index contributed by atoms with van der Waals surface area (Å²) in [7, 11) is 0. The van der Waals surface area contributed by atoms with Crippen molar-refractivity contribution in [2.45, 2.75) is 76.7 Å². The Morgan fingerprint density at radius 3 is 2.26 bits per heavy atom. The summed E-state index contributed by atoms with van der Waals surface area (Å²) in [5.74, 6) is -2.10. The summed E-state index contributed by atoms with van der Waals surface area (Å²) in [6.45, 7) is 6.90. The molecule has 1 aliphatic heterocycles. The summed E-state index contributed by atoms with van der Waals surface area (Å²) in [5, 5.41) is 55.1. The third kappa shape index (κ3) is 2.16.